The summed E-state index contributed by atoms with van der Waals surface area (Å²) in [4.78, 5) is 12.7. The predicted molar refractivity (Wildman–Crippen MR) is 106 cm³/mol. The van der Waals surface area contributed by atoms with E-state index in [1.165, 1.54) is 12.1 Å². The smallest absolute Gasteiger partial charge is 0.251 e. The van der Waals surface area contributed by atoms with Gasteiger partial charge in [-0.05, 0) is 48.7 Å². The number of hydrogen-bond donors (Lipinski definition) is 1. The molecule has 0 unspecified atom stereocenters. The molecule has 0 bridgehead atoms. The Labute approximate surface area is 160 Å². The van der Waals surface area contributed by atoms with Crippen LogP contribution in [0.5, 0.6) is 0 Å². The van der Waals surface area contributed by atoms with Crippen LogP contribution < -0.4 is 5.32 Å². The summed E-state index contributed by atoms with van der Waals surface area (Å²) < 4.78 is 23.4. The number of halogens is 1. The summed E-state index contributed by atoms with van der Waals surface area (Å²) in [5.41, 5.74) is 1.26. The van der Waals surface area contributed by atoms with E-state index in [9.17, 15) is 13.2 Å². The molecule has 2 aromatic rings. The second-order valence-electron chi connectivity index (χ2n) is 6.48. The van der Waals surface area contributed by atoms with Gasteiger partial charge in [0.25, 0.3) is 5.91 Å². The molecule has 0 aliphatic heterocycles. The molecule has 0 aliphatic carbocycles. The zero-order valence-electron chi connectivity index (χ0n) is 15.3. The first-order valence-electron chi connectivity index (χ1n) is 8.56. The lowest BCUT2D eigenvalue weighted by Gasteiger charge is -2.32. The minimum absolute atomic E-state index is 0.139. The first-order chi connectivity index (χ1) is 12.2. The molecular formula is C20H24ClNO3S. The maximum Gasteiger partial charge on any atom is 0.251 e. The normalized spacial score (nSPS) is 12.0. The molecule has 2 aromatic carbocycles. The van der Waals surface area contributed by atoms with Gasteiger partial charge in [0.05, 0.1) is 4.90 Å². The van der Waals surface area contributed by atoms with Crippen molar-refractivity contribution in [3.8, 4) is 0 Å². The summed E-state index contributed by atoms with van der Waals surface area (Å²) in [5, 5.41) is 3.64. The quantitative estimate of drug-likeness (QED) is 0.765. The molecule has 6 heteroatoms. The van der Waals surface area contributed by atoms with Crippen LogP contribution in [0, 0.1) is 0 Å². The molecule has 26 heavy (non-hydrogen) atoms. The van der Waals surface area contributed by atoms with Crippen LogP contribution in [0.4, 0.5) is 0 Å². The molecule has 0 atom stereocenters. The third-order valence-electron chi connectivity index (χ3n) is 4.92. The molecule has 0 saturated heterocycles. The monoisotopic (exact) mass is 393 g/mol. The van der Waals surface area contributed by atoms with Crippen molar-refractivity contribution in [3.05, 3.63) is 64.7 Å². The number of amides is 1. The number of rotatable bonds is 7. The Bertz CT molecular complexity index is 872. The summed E-state index contributed by atoms with van der Waals surface area (Å²) in [7, 11) is -3.35. The third-order valence-corrected chi connectivity index (χ3v) is 6.28. The van der Waals surface area contributed by atoms with Crippen molar-refractivity contribution in [2.75, 3.05) is 12.8 Å². The van der Waals surface area contributed by atoms with E-state index in [0.29, 0.717) is 17.1 Å². The molecule has 0 heterocycles. The van der Waals surface area contributed by atoms with Gasteiger partial charge in [0.15, 0.2) is 9.84 Å². The fourth-order valence-electron chi connectivity index (χ4n) is 3.03. The molecule has 4 nitrogen and oxygen atoms in total. The summed E-state index contributed by atoms with van der Waals surface area (Å²) in [6, 6.07) is 13.8. The number of carbonyl (C=O) groups excluding carboxylic acids is 1. The van der Waals surface area contributed by atoms with E-state index in [-0.39, 0.29) is 16.2 Å². The van der Waals surface area contributed by atoms with Gasteiger partial charge in [-0.3, -0.25) is 4.79 Å². The zero-order valence-corrected chi connectivity index (χ0v) is 16.8. The second kappa shape index (κ2) is 8.23. The van der Waals surface area contributed by atoms with Gasteiger partial charge in [-0.2, -0.15) is 0 Å². The molecule has 1 amide bonds. The van der Waals surface area contributed by atoms with Crippen LogP contribution in [-0.4, -0.2) is 27.1 Å². The van der Waals surface area contributed by atoms with Crippen molar-refractivity contribution in [1.29, 1.82) is 0 Å². The molecule has 0 saturated carbocycles. The molecule has 0 aromatic heterocycles. The first-order valence-corrected chi connectivity index (χ1v) is 10.8. The van der Waals surface area contributed by atoms with E-state index < -0.39 is 9.84 Å². The Morgan fingerprint density at radius 2 is 1.69 bits per heavy atom. The number of nitrogens with one attached hydrogen (secondary N) is 1. The SMILES string of the molecule is CCC(CC)(CNC(=O)c1cccc(S(C)(=O)=O)c1)c1ccc(Cl)cc1. The second-order valence-corrected chi connectivity index (χ2v) is 8.93. The first kappa shape index (κ1) is 20.5. The van der Waals surface area contributed by atoms with Crippen molar-refractivity contribution in [2.24, 2.45) is 0 Å². The maximum atomic E-state index is 12.6. The van der Waals surface area contributed by atoms with Crippen molar-refractivity contribution in [3.63, 3.8) is 0 Å². The Morgan fingerprint density at radius 1 is 1.08 bits per heavy atom. The maximum absolute atomic E-state index is 12.6. The van der Waals surface area contributed by atoms with Crippen LogP contribution in [0.25, 0.3) is 0 Å². The third kappa shape index (κ3) is 4.65. The standard InChI is InChI=1S/C20H24ClNO3S/c1-4-20(5-2,16-9-11-17(21)12-10-16)14-22-19(23)15-7-6-8-18(13-15)26(3,24)25/h6-13H,4-5,14H2,1-3H3,(H,22,23). The molecule has 0 aliphatic rings. The summed E-state index contributed by atoms with van der Waals surface area (Å²) >= 11 is 5.99. The molecular weight excluding hydrogens is 370 g/mol. The lowest BCUT2D eigenvalue weighted by atomic mass is 9.75. The van der Waals surface area contributed by atoms with Gasteiger partial charge in [-0.1, -0.05) is 43.6 Å². The van der Waals surface area contributed by atoms with E-state index in [4.69, 9.17) is 11.6 Å². The minimum atomic E-state index is -3.35. The largest absolute Gasteiger partial charge is 0.351 e. The Hall–Kier alpha value is -1.85. The predicted octanol–water partition coefficient (Wildman–Crippen LogP) is 4.23. The molecule has 140 valence electrons. The minimum Gasteiger partial charge on any atom is -0.351 e. The molecule has 0 radical (unpaired) electrons. The Balaban J connectivity index is 2.21. The van der Waals surface area contributed by atoms with Crippen molar-refractivity contribution < 1.29 is 13.2 Å². The number of carbonyl (C=O) groups is 1. The summed E-state index contributed by atoms with van der Waals surface area (Å²) in [5.74, 6) is -0.282. The van der Waals surface area contributed by atoms with Gasteiger partial charge in [-0.25, -0.2) is 8.42 Å². The van der Waals surface area contributed by atoms with Crippen molar-refractivity contribution in [1.82, 2.24) is 5.32 Å². The van der Waals surface area contributed by atoms with Gasteiger partial charge in [0.2, 0.25) is 0 Å². The molecule has 0 fully saturated rings. The van der Waals surface area contributed by atoms with E-state index in [0.717, 1.165) is 24.7 Å². The highest BCUT2D eigenvalue weighted by Crippen LogP contribution is 2.32. The topological polar surface area (TPSA) is 63.2 Å². The van der Waals surface area contributed by atoms with Crippen LogP contribution in [0.3, 0.4) is 0 Å². The van der Waals surface area contributed by atoms with Crippen LogP contribution in [-0.2, 0) is 15.3 Å². The molecule has 2 rings (SSSR count). The van der Waals surface area contributed by atoms with Gasteiger partial charge in [0.1, 0.15) is 0 Å². The van der Waals surface area contributed by atoms with Crippen molar-refractivity contribution >= 4 is 27.3 Å². The average Bonchev–Trinajstić information content (AvgIpc) is 2.63. The zero-order chi connectivity index (χ0) is 19.4. The highest BCUT2D eigenvalue weighted by atomic mass is 35.5. The fourth-order valence-corrected chi connectivity index (χ4v) is 3.83. The van der Waals surface area contributed by atoms with Gasteiger partial charge < -0.3 is 5.32 Å². The van der Waals surface area contributed by atoms with E-state index in [1.54, 1.807) is 12.1 Å². The van der Waals surface area contributed by atoms with Crippen molar-refractivity contribution in [2.45, 2.75) is 37.0 Å². The van der Waals surface area contributed by atoms with E-state index in [2.05, 4.69) is 19.2 Å². The molecule has 0 spiro atoms. The summed E-state index contributed by atoms with van der Waals surface area (Å²) in [6.45, 7) is 4.65. The lowest BCUT2D eigenvalue weighted by Crippen LogP contribution is -2.40. The van der Waals surface area contributed by atoms with Gasteiger partial charge >= 0.3 is 0 Å². The van der Waals surface area contributed by atoms with Crippen LogP contribution in [0.2, 0.25) is 5.02 Å². The van der Waals surface area contributed by atoms with Gasteiger partial charge in [0, 0.05) is 28.8 Å². The number of sulfone groups is 1. The summed E-state index contributed by atoms with van der Waals surface area (Å²) in [6.07, 6.45) is 2.84. The highest BCUT2D eigenvalue weighted by molar-refractivity contribution is 7.90. The van der Waals surface area contributed by atoms with Crippen LogP contribution >= 0.6 is 11.6 Å². The van der Waals surface area contributed by atoms with E-state index in [1.807, 2.05) is 24.3 Å². The fraction of sp³-hybridized carbons (Fsp3) is 0.350. The van der Waals surface area contributed by atoms with Crippen LogP contribution in [0.15, 0.2) is 53.4 Å². The van der Waals surface area contributed by atoms with Gasteiger partial charge in [-0.15, -0.1) is 0 Å². The lowest BCUT2D eigenvalue weighted by molar-refractivity contribution is 0.0941. The Kier molecular flexibility index (Phi) is 6.48. The number of benzene rings is 2. The highest BCUT2D eigenvalue weighted by Gasteiger charge is 2.29. The number of hydrogen-bond acceptors (Lipinski definition) is 3. The molecule has 1 N–H and O–H groups in total. The average molecular weight is 394 g/mol. The van der Waals surface area contributed by atoms with E-state index >= 15 is 0 Å². The Morgan fingerprint density at radius 3 is 2.23 bits per heavy atom. The van der Waals surface area contributed by atoms with Crippen LogP contribution in [0.1, 0.15) is 42.6 Å².